The van der Waals surface area contributed by atoms with Crippen molar-refractivity contribution in [3.8, 4) is 5.75 Å². The molecule has 1 saturated heterocycles. The normalized spacial score (nSPS) is 17.1. The van der Waals surface area contributed by atoms with E-state index in [0.717, 1.165) is 42.5 Å². The number of hydrogen-bond donors (Lipinski definition) is 1. The lowest BCUT2D eigenvalue weighted by molar-refractivity contribution is -0.127. The Morgan fingerprint density at radius 3 is 2.67 bits per heavy atom. The fourth-order valence-corrected chi connectivity index (χ4v) is 3.82. The first-order chi connectivity index (χ1) is 12.5. The van der Waals surface area contributed by atoms with Gasteiger partial charge in [0.2, 0.25) is 5.91 Å². The van der Waals surface area contributed by atoms with Gasteiger partial charge in [0, 0.05) is 38.2 Å². The Labute approximate surface area is 184 Å². The van der Waals surface area contributed by atoms with Crippen molar-refractivity contribution in [2.45, 2.75) is 25.1 Å². The highest BCUT2D eigenvalue weighted by Gasteiger charge is 2.22. The molecule has 0 radical (unpaired) electrons. The van der Waals surface area contributed by atoms with Gasteiger partial charge >= 0.3 is 0 Å². The molecule has 0 bridgehead atoms. The number of thioether (sulfide) groups is 1. The molecular formula is C19H31IN4O2S. The highest BCUT2D eigenvalue weighted by molar-refractivity contribution is 14.0. The van der Waals surface area contributed by atoms with Gasteiger partial charge in [-0.25, -0.2) is 4.99 Å². The summed E-state index contributed by atoms with van der Waals surface area (Å²) in [5.74, 6) is 2.78. The highest BCUT2D eigenvalue weighted by Crippen LogP contribution is 2.21. The molecule has 0 spiro atoms. The molecule has 6 nitrogen and oxygen atoms in total. The minimum Gasteiger partial charge on any atom is -0.497 e. The molecule has 1 aromatic rings. The molecule has 27 heavy (non-hydrogen) atoms. The lowest BCUT2D eigenvalue weighted by Crippen LogP contribution is -2.50. The average molecular weight is 506 g/mol. The Bertz CT molecular complexity index is 610. The number of guanidine groups is 1. The predicted molar refractivity (Wildman–Crippen MR) is 124 cm³/mol. The molecule has 1 aromatic carbocycles. The van der Waals surface area contributed by atoms with E-state index in [9.17, 15) is 4.79 Å². The van der Waals surface area contributed by atoms with Gasteiger partial charge in [0.25, 0.3) is 0 Å². The summed E-state index contributed by atoms with van der Waals surface area (Å²) in [4.78, 5) is 20.6. The highest BCUT2D eigenvalue weighted by atomic mass is 127. The Kier molecular flexibility index (Phi) is 10.9. The van der Waals surface area contributed by atoms with Gasteiger partial charge in [0.1, 0.15) is 5.75 Å². The minimum atomic E-state index is 0. The number of methoxy groups -OCH3 is 1. The SMILES string of the molecule is CCC1CN(C(=NCc2ccc(OC)cc2)NCC(=O)N(C)C)CCS1.I. The van der Waals surface area contributed by atoms with Crippen molar-refractivity contribution in [3.05, 3.63) is 29.8 Å². The lowest BCUT2D eigenvalue weighted by Gasteiger charge is -2.34. The van der Waals surface area contributed by atoms with E-state index in [4.69, 9.17) is 9.73 Å². The first-order valence-corrected chi connectivity index (χ1v) is 10.1. The van der Waals surface area contributed by atoms with Crippen LogP contribution in [0.25, 0.3) is 0 Å². The van der Waals surface area contributed by atoms with Gasteiger partial charge in [0.05, 0.1) is 20.2 Å². The molecule has 8 heteroatoms. The van der Waals surface area contributed by atoms with Gasteiger partial charge in [-0.3, -0.25) is 4.79 Å². The third kappa shape index (κ3) is 7.77. The van der Waals surface area contributed by atoms with Gasteiger partial charge < -0.3 is 19.9 Å². The Morgan fingerprint density at radius 1 is 1.37 bits per heavy atom. The summed E-state index contributed by atoms with van der Waals surface area (Å²) in [6.07, 6.45) is 1.14. The van der Waals surface area contributed by atoms with E-state index in [-0.39, 0.29) is 36.4 Å². The maximum absolute atomic E-state index is 12.0. The number of benzene rings is 1. The molecule has 1 heterocycles. The predicted octanol–water partition coefficient (Wildman–Crippen LogP) is 2.67. The van der Waals surface area contributed by atoms with Gasteiger partial charge in [-0.2, -0.15) is 11.8 Å². The second kappa shape index (κ2) is 12.3. The fraction of sp³-hybridized carbons (Fsp3) is 0.579. The Hall–Kier alpha value is -1.16. The van der Waals surface area contributed by atoms with Crippen LogP contribution in [0.3, 0.4) is 0 Å². The summed E-state index contributed by atoms with van der Waals surface area (Å²) in [6, 6.07) is 7.92. The van der Waals surface area contributed by atoms with Gasteiger partial charge in [-0.1, -0.05) is 19.1 Å². The number of ether oxygens (including phenoxy) is 1. The number of hydrogen-bond acceptors (Lipinski definition) is 4. The van der Waals surface area contributed by atoms with Crippen LogP contribution in [-0.2, 0) is 11.3 Å². The number of nitrogens with one attached hydrogen (secondary N) is 1. The second-order valence-electron chi connectivity index (χ2n) is 6.48. The summed E-state index contributed by atoms with van der Waals surface area (Å²) in [5.41, 5.74) is 1.11. The fourth-order valence-electron chi connectivity index (χ4n) is 2.64. The number of nitrogens with zero attached hydrogens (tertiary/aromatic N) is 3. The molecule has 0 aromatic heterocycles. The molecule has 1 aliphatic heterocycles. The van der Waals surface area contributed by atoms with Crippen LogP contribution in [-0.4, -0.2) is 73.5 Å². The summed E-state index contributed by atoms with van der Waals surface area (Å²) in [5, 5.41) is 3.87. The maximum atomic E-state index is 12.0. The molecule has 1 fully saturated rings. The summed E-state index contributed by atoms with van der Waals surface area (Å²) < 4.78 is 5.20. The molecular weight excluding hydrogens is 475 g/mol. The molecule has 2 rings (SSSR count). The van der Waals surface area contributed by atoms with Gasteiger partial charge in [-0.05, 0) is 24.1 Å². The topological polar surface area (TPSA) is 57.2 Å². The molecule has 1 atom stereocenters. The molecule has 0 aliphatic carbocycles. The van der Waals surface area contributed by atoms with E-state index in [1.165, 1.54) is 0 Å². The molecule has 1 amide bonds. The van der Waals surface area contributed by atoms with Crippen LogP contribution in [0.5, 0.6) is 5.75 Å². The zero-order valence-electron chi connectivity index (χ0n) is 16.6. The third-order valence-electron chi connectivity index (χ3n) is 4.36. The Morgan fingerprint density at radius 2 is 2.07 bits per heavy atom. The van der Waals surface area contributed by atoms with Crippen molar-refractivity contribution < 1.29 is 9.53 Å². The van der Waals surface area contributed by atoms with E-state index in [0.29, 0.717) is 11.8 Å². The smallest absolute Gasteiger partial charge is 0.241 e. The first-order valence-electron chi connectivity index (χ1n) is 9.01. The molecule has 152 valence electrons. The summed E-state index contributed by atoms with van der Waals surface area (Å²) >= 11 is 2.02. The molecule has 0 saturated carbocycles. The van der Waals surface area contributed by atoms with Crippen LogP contribution in [0, 0.1) is 0 Å². The van der Waals surface area contributed by atoms with Gasteiger partial charge in [0.15, 0.2) is 5.96 Å². The van der Waals surface area contributed by atoms with Crippen molar-refractivity contribution in [1.29, 1.82) is 0 Å². The average Bonchev–Trinajstić information content (AvgIpc) is 2.68. The summed E-state index contributed by atoms with van der Waals surface area (Å²) in [6.45, 7) is 4.97. The van der Waals surface area contributed by atoms with Crippen LogP contribution >= 0.6 is 35.7 Å². The number of rotatable bonds is 6. The summed E-state index contributed by atoms with van der Waals surface area (Å²) in [7, 11) is 5.20. The van der Waals surface area contributed by atoms with Crippen molar-refractivity contribution >= 4 is 47.6 Å². The number of amides is 1. The van der Waals surface area contributed by atoms with E-state index >= 15 is 0 Å². The standard InChI is InChI=1S/C19H30N4O2S.HI/c1-5-17-14-23(10-11-26-17)19(21-13-18(24)22(2)3)20-12-15-6-8-16(25-4)9-7-15;/h6-9,17H,5,10-14H2,1-4H3,(H,20,21);1H. The van der Waals surface area contributed by atoms with Gasteiger partial charge in [-0.15, -0.1) is 24.0 Å². The van der Waals surface area contributed by atoms with Crippen LogP contribution in [0.1, 0.15) is 18.9 Å². The van der Waals surface area contributed by atoms with Crippen LogP contribution in [0.4, 0.5) is 0 Å². The third-order valence-corrected chi connectivity index (χ3v) is 5.73. The number of carbonyl (C=O) groups excluding carboxylic acids is 1. The zero-order valence-corrected chi connectivity index (χ0v) is 19.8. The Balaban J connectivity index is 0.00000364. The van der Waals surface area contributed by atoms with Crippen molar-refractivity contribution in [1.82, 2.24) is 15.1 Å². The number of likely N-dealkylation sites (N-methyl/N-ethyl adjacent to an activating group) is 1. The van der Waals surface area contributed by atoms with E-state index in [1.54, 1.807) is 26.1 Å². The zero-order chi connectivity index (χ0) is 18.9. The molecule has 1 unspecified atom stereocenters. The van der Waals surface area contributed by atoms with Crippen LogP contribution in [0.2, 0.25) is 0 Å². The number of halogens is 1. The van der Waals surface area contributed by atoms with E-state index < -0.39 is 0 Å². The number of carbonyl (C=O) groups is 1. The van der Waals surface area contributed by atoms with Crippen LogP contribution < -0.4 is 10.1 Å². The largest absolute Gasteiger partial charge is 0.497 e. The lowest BCUT2D eigenvalue weighted by atomic mass is 10.2. The monoisotopic (exact) mass is 506 g/mol. The quantitative estimate of drug-likeness (QED) is 0.366. The first kappa shape index (κ1) is 23.9. The van der Waals surface area contributed by atoms with Crippen molar-refractivity contribution in [2.24, 2.45) is 4.99 Å². The van der Waals surface area contributed by atoms with Crippen LogP contribution in [0.15, 0.2) is 29.3 Å². The number of aliphatic imine (C=N–C) groups is 1. The van der Waals surface area contributed by atoms with Crippen molar-refractivity contribution in [2.75, 3.05) is 46.6 Å². The second-order valence-corrected chi connectivity index (χ2v) is 7.88. The molecule has 1 aliphatic rings. The maximum Gasteiger partial charge on any atom is 0.241 e. The minimum absolute atomic E-state index is 0. The van der Waals surface area contributed by atoms with E-state index in [2.05, 4.69) is 17.1 Å². The van der Waals surface area contributed by atoms with Crippen molar-refractivity contribution in [3.63, 3.8) is 0 Å². The molecule has 1 N–H and O–H groups in total. The van der Waals surface area contributed by atoms with E-state index in [1.807, 2.05) is 36.0 Å².